The molecule has 0 aliphatic carbocycles. The van der Waals surface area contributed by atoms with Crippen molar-refractivity contribution in [2.45, 2.75) is 4.90 Å². The van der Waals surface area contributed by atoms with E-state index in [4.69, 9.17) is 6.42 Å². The van der Waals surface area contributed by atoms with E-state index in [1.165, 1.54) is 12.1 Å². The van der Waals surface area contributed by atoms with Crippen molar-refractivity contribution in [2.24, 2.45) is 0 Å². The van der Waals surface area contributed by atoms with Crippen molar-refractivity contribution < 1.29 is 13.3 Å². The van der Waals surface area contributed by atoms with Gasteiger partial charge in [0.05, 0.1) is 9.82 Å². The van der Waals surface area contributed by atoms with Crippen LogP contribution in [0.2, 0.25) is 0 Å². The number of nitro groups is 1. The largest absolute Gasteiger partial charge is 0.270 e. The fraction of sp³-hybridized carbons (Fsp3) is 0.111. The van der Waals surface area contributed by atoms with Gasteiger partial charge in [0.25, 0.3) is 5.69 Å². The van der Waals surface area contributed by atoms with Gasteiger partial charge in [0.1, 0.15) is 5.75 Å². The zero-order valence-corrected chi connectivity index (χ0v) is 10.3. The minimum Gasteiger partial charge on any atom is -0.258 e. The molecule has 1 aromatic rings. The van der Waals surface area contributed by atoms with Crippen molar-refractivity contribution in [3.63, 3.8) is 0 Å². The van der Waals surface area contributed by atoms with Crippen LogP contribution < -0.4 is 0 Å². The second-order valence-electron chi connectivity index (χ2n) is 2.84. The zero-order chi connectivity index (χ0) is 12.3. The Morgan fingerprint density at radius 3 is 2.62 bits per heavy atom. The summed E-state index contributed by atoms with van der Waals surface area (Å²) in [5, 5.41) is 10.5. The van der Waals surface area contributed by atoms with E-state index in [0.29, 0.717) is 0 Å². The molecular weight excluding hydrogens is 298 g/mol. The molecule has 0 saturated carbocycles. The van der Waals surface area contributed by atoms with Crippen LogP contribution in [0.3, 0.4) is 0 Å². The van der Waals surface area contributed by atoms with Gasteiger partial charge in [0.2, 0.25) is 0 Å². The molecule has 1 rings (SSSR count). The molecule has 0 atom stereocenters. The molecule has 0 amide bonds. The van der Waals surface area contributed by atoms with Crippen LogP contribution in [-0.2, 0) is 9.84 Å². The van der Waals surface area contributed by atoms with Crippen LogP contribution in [0.15, 0.2) is 27.6 Å². The van der Waals surface area contributed by atoms with E-state index in [9.17, 15) is 18.5 Å². The number of sulfone groups is 1. The fourth-order valence-electron chi connectivity index (χ4n) is 1.03. The Hall–Kier alpha value is -1.39. The molecule has 0 aliphatic heterocycles. The van der Waals surface area contributed by atoms with Crippen molar-refractivity contribution in [2.75, 3.05) is 5.75 Å². The Morgan fingerprint density at radius 2 is 2.12 bits per heavy atom. The lowest BCUT2D eigenvalue weighted by Gasteiger charge is -2.03. The number of rotatable bonds is 3. The molecule has 16 heavy (non-hydrogen) atoms. The van der Waals surface area contributed by atoms with Crippen LogP contribution in [0, 0.1) is 22.5 Å². The van der Waals surface area contributed by atoms with Gasteiger partial charge < -0.3 is 0 Å². The van der Waals surface area contributed by atoms with E-state index in [1.54, 1.807) is 0 Å². The molecule has 0 radical (unpaired) electrons. The van der Waals surface area contributed by atoms with Crippen LogP contribution >= 0.6 is 15.9 Å². The maximum absolute atomic E-state index is 11.6. The molecule has 84 valence electrons. The second kappa shape index (κ2) is 4.63. The monoisotopic (exact) mass is 303 g/mol. The van der Waals surface area contributed by atoms with Crippen LogP contribution in [0.25, 0.3) is 0 Å². The van der Waals surface area contributed by atoms with Crippen LogP contribution in [0.1, 0.15) is 0 Å². The van der Waals surface area contributed by atoms with Crippen LogP contribution in [0.5, 0.6) is 0 Å². The summed E-state index contributed by atoms with van der Waals surface area (Å²) >= 11 is 3.02. The average Bonchev–Trinajstić information content (AvgIpc) is 2.17. The lowest BCUT2D eigenvalue weighted by molar-refractivity contribution is -0.385. The highest BCUT2D eigenvalue weighted by Crippen LogP contribution is 2.27. The quantitative estimate of drug-likeness (QED) is 0.484. The lowest BCUT2D eigenvalue weighted by atomic mass is 10.3. The third-order valence-corrected chi connectivity index (χ3v) is 4.24. The average molecular weight is 304 g/mol. The molecule has 7 heteroatoms. The van der Waals surface area contributed by atoms with Gasteiger partial charge >= 0.3 is 0 Å². The number of benzene rings is 1. The smallest absolute Gasteiger partial charge is 0.258 e. The standard InChI is InChI=1S/C9H6BrNO4S/c1-2-5-16(14,15)9-6-7(11(12)13)3-4-8(9)10/h1,3-4,6H,5H2. The van der Waals surface area contributed by atoms with Gasteiger partial charge in [0.15, 0.2) is 9.84 Å². The van der Waals surface area contributed by atoms with E-state index in [0.717, 1.165) is 6.07 Å². The van der Waals surface area contributed by atoms with Gasteiger partial charge in [0, 0.05) is 16.6 Å². The molecule has 0 aromatic heterocycles. The van der Waals surface area contributed by atoms with Gasteiger partial charge in [-0.15, -0.1) is 6.42 Å². The molecule has 0 N–H and O–H groups in total. The first-order valence-corrected chi connectivity index (χ1v) is 6.43. The summed E-state index contributed by atoms with van der Waals surface area (Å²) in [6.07, 6.45) is 4.92. The summed E-state index contributed by atoms with van der Waals surface area (Å²) in [6, 6.07) is 3.50. The second-order valence-corrected chi connectivity index (χ2v) is 5.65. The Kier molecular flexibility index (Phi) is 3.67. The summed E-state index contributed by atoms with van der Waals surface area (Å²) < 4.78 is 23.5. The predicted octanol–water partition coefficient (Wildman–Crippen LogP) is 1.76. The molecule has 1 aromatic carbocycles. The number of non-ortho nitro benzene ring substituents is 1. The number of nitro benzene ring substituents is 1. The number of nitrogens with zero attached hydrogens (tertiary/aromatic N) is 1. The van der Waals surface area contributed by atoms with E-state index in [2.05, 4.69) is 15.9 Å². The lowest BCUT2D eigenvalue weighted by Crippen LogP contribution is -2.06. The zero-order valence-electron chi connectivity index (χ0n) is 7.88. The first-order valence-electron chi connectivity index (χ1n) is 3.98. The van der Waals surface area contributed by atoms with Gasteiger partial charge in [-0.3, -0.25) is 10.1 Å². The highest BCUT2D eigenvalue weighted by atomic mass is 79.9. The van der Waals surface area contributed by atoms with Gasteiger partial charge in [-0.25, -0.2) is 8.42 Å². The first-order chi connectivity index (χ1) is 7.38. The van der Waals surface area contributed by atoms with E-state index in [1.807, 2.05) is 5.92 Å². The van der Waals surface area contributed by atoms with Crippen molar-refractivity contribution in [1.82, 2.24) is 0 Å². The summed E-state index contributed by atoms with van der Waals surface area (Å²) in [7, 11) is -3.68. The van der Waals surface area contributed by atoms with E-state index in [-0.39, 0.29) is 15.1 Å². The molecule has 5 nitrogen and oxygen atoms in total. The molecule has 0 bridgehead atoms. The molecule has 0 saturated heterocycles. The summed E-state index contributed by atoms with van der Waals surface area (Å²) in [5.74, 6) is 1.51. The highest BCUT2D eigenvalue weighted by molar-refractivity contribution is 9.10. The first kappa shape index (κ1) is 12.7. The third-order valence-electron chi connectivity index (χ3n) is 1.73. The molecule has 0 fully saturated rings. The van der Waals surface area contributed by atoms with E-state index < -0.39 is 20.5 Å². The van der Waals surface area contributed by atoms with Crippen molar-refractivity contribution in [3.05, 3.63) is 32.8 Å². The minimum absolute atomic E-state index is 0.167. The number of terminal acetylenes is 1. The Balaban J connectivity index is 3.40. The Labute approximate surface area is 101 Å². The van der Waals surface area contributed by atoms with Gasteiger partial charge in [-0.1, -0.05) is 5.92 Å². The number of hydrogen-bond acceptors (Lipinski definition) is 4. The highest BCUT2D eigenvalue weighted by Gasteiger charge is 2.20. The normalized spacial score (nSPS) is 10.8. The Bertz CT molecular complexity index is 574. The van der Waals surface area contributed by atoms with Crippen LogP contribution in [-0.4, -0.2) is 19.1 Å². The fourth-order valence-corrected chi connectivity index (χ4v) is 3.06. The maximum Gasteiger partial charge on any atom is 0.270 e. The summed E-state index contributed by atoms with van der Waals surface area (Å²) in [6.45, 7) is 0. The number of hydrogen-bond donors (Lipinski definition) is 0. The molecular formula is C9H6BrNO4S. The van der Waals surface area contributed by atoms with E-state index >= 15 is 0 Å². The van der Waals surface area contributed by atoms with Gasteiger partial charge in [-0.2, -0.15) is 0 Å². The maximum atomic E-state index is 11.6. The summed E-state index contributed by atoms with van der Waals surface area (Å²) in [4.78, 5) is 9.67. The topological polar surface area (TPSA) is 77.3 Å². The molecule has 0 heterocycles. The van der Waals surface area contributed by atoms with Crippen molar-refractivity contribution in [1.29, 1.82) is 0 Å². The molecule has 0 unspecified atom stereocenters. The van der Waals surface area contributed by atoms with Crippen molar-refractivity contribution >= 4 is 31.5 Å². The minimum atomic E-state index is -3.68. The molecule has 0 aliphatic rings. The summed E-state index contributed by atoms with van der Waals surface area (Å²) in [5.41, 5.74) is -0.293. The molecule has 0 spiro atoms. The van der Waals surface area contributed by atoms with Crippen molar-refractivity contribution in [3.8, 4) is 12.3 Å². The van der Waals surface area contributed by atoms with Crippen LogP contribution in [0.4, 0.5) is 5.69 Å². The number of halogens is 1. The predicted molar refractivity (Wildman–Crippen MR) is 61.7 cm³/mol. The van der Waals surface area contributed by atoms with Gasteiger partial charge in [-0.05, 0) is 22.0 Å². The Morgan fingerprint density at radius 1 is 1.50 bits per heavy atom. The third kappa shape index (κ3) is 2.59. The SMILES string of the molecule is C#CCS(=O)(=O)c1cc([N+](=O)[O-])ccc1Br.